The van der Waals surface area contributed by atoms with Crippen molar-refractivity contribution in [2.45, 2.75) is 62.8 Å². The molecule has 5 rings (SSSR count). The van der Waals surface area contributed by atoms with Gasteiger partial charge in [0, 0.05) is 24.5 Å². The summed E-state index contributed by atoms with van der Waals surface area (Å²) >= 11 is 0. The highest BCUT2D eigenvalue weighted by Gasteiger charge is 2.38. The van der Waals surface area contributed by atoms with E-state index in [0.717, 1.165) is 17.2 Å². The summed E-state index contributed by atoms with van der Waals surface area (Å²) in [5.74, 6) is 2.51. The number of rotatable bonds is 5. The molecule has 3 fully saturated rings. The van der Waals surface area contributed by atoms with E-state index >= 15 is 0 Å². The zero-order valence-electron chi connectivity index (χ0n) is 14.2. The van der Waals surface area contributed by atoms with Crippen molar-refractivity contribution in [3.63, 3.8) is 0 Å². The number of benzene rings is 1. The molecular formula is C19H23FN4O. The number of aromatic nitrogens is 3. The summed E-state index contributed by atoms with van der Waals surface area (Å²) in [5, 5.41) is 19.2. The van der Waals surface area contributed by atoms with Gasteiger partial charge in [0.2, 0.25) is 0 Å². The van der Waals surface area contributed by atoms with E-state index in [0.29, 0.717) is 31.5 Å². The molecule has 2 atom stereocenters. The van der Waals surface area contributed by atoms with Gasteiger partial charge >= 0.3 is 0 Å². The fraction of sp³-hybridized carbons (Fsp3) is 0.579. The van der Waals surface area contributed by atoms with E-state index in [9.17, 15) is 9.50 Å². The summed E-state index contributed by atoms with van der Waals surface area (Å²) in [6.07, 6.45) is 5.12. The molecule has 1 saturated heterocycles. The Labute approximate surface area is 146 Å². The minimum absolute atomic E-state index is 0.0272. The van der Waals surface area contributed by atoms with Crippen molar-refractivity contribution in [2.75, 3.05) is 6.54 Å². The van der Waals surface area contributed by atoms with Crippen molar-refractivity contribution in [3.8, 4) is 0 Å². The fourth-order valence-electron chi connectivity index (χ4n) is 4.09. The van der Waals surface area contributed by atoms with Crippen molar-refractivity contribution < 1.29 is 9.50 Å². The third-order valence-corrected chi connectivity index (χ3v) is 5.61. The Balaban J connectivity index is 1.42. The molecule has 0 bridgehead atoms. The van der Waals surface area contributed by atoms with E-state index < -0.39 is 0 Å². The van der Waals surface area contributed by atoms with Gasteiger partial charge in [-0.2, -0.15) is 0 Å². The molecule has 3 aliphatic rings. The highest BCUT2D eigenvalue weighted by atomic mass is 19.1. The molecule has 2 heterocycles. The monoisotopic (exact) mass is 342 g/mol. The zero-order valence-corrected chi connectivity index (χ0v) is 14.2. The summed E-state index contributed by atoms with van der Waals surface area (Å²) < 4.78 is 16.0. The molecule has 0 amide bonds. The molecule has 5 nitrogen and oxygen atoms in total. The van der Waals surface area contributed by atoms with Crippen LogP contribution in [0.5, 0.6) is 0 Å². The molecule has 25 heavy (non-hydrogen) atoms. The van der Waals surface area contributed by atoms with Crippen LogP contribution in [0.1, 0.15) is 67.3 Å². The second kappa shape index (κ2) is 5.88. The molecule has 1 N–H and O–H groups in total. The van der Waals surface area contributed by atoms with E-state index in [-0.39, 0.29) is 18.0 Å². The van der Waals surface area contributed by atoms with Crippen molar-refractivity contribution in [1.29, 1.82) is 0 Å². The first-order valence-electron chi connectivity index (χ1n) is 9.30. The lowest BCUT2D eigenvalue weighted by molar-refractivity contribution is 0.170. The van der Waals surface area contributed by atoms with Crippen LogP contribution in [-0.4, -0.2) is 37.4 Å². The average molecular weight is 342 g/mol. The first-order valence-corrected chi connectivity index (χ1v) is 9.30. The Morgan fingerprint density at radius 3 is 2.72 bits per heavy atom. The molecular weight excluding hydrogens is 319 g/mol. The minimum atomic E-state index is -0.381. The second-order valence-corrected chi connectivity index (χ2v) is 7.74. The highest BCUT2D eigenvalue weighted by molar-refractivity contribution is 5.22. The molecule has 0 spiro atoms. The van der Waals surface area contributed by atoms with Gasteiger partial charge in [0.05, 0.1) is 12.6 Å². The van der Waals surface area contributed by atoms with Crippen LogP contribution in [0.4, 0.5) is 4.39 Å². The molecule has 0 unspecified atom stereocenters. The van der Waals surface area contributed by atoms with Crippen molar-refractivity contribution in [3.05, 3.63) is 47.3 Å². The van der Waals surface area contributed by atoms with Crippen molar-refractivity contribution >= 4 is 0 Å². The van der Waals surface area contributed by atoms with Crippen LogP contribution in [0.3, 0.4) is 0 Å². The normalized spacial score (nSPS) is 27.1. The minimum Gasteiger partial charge on any atom is -0.392 e. The maximum absolute atomic E-state index is 13.6. The van der Waals surface area contributed by atoms with Crippen LogP contribution in [0.2, 0.25) is 0 Å². The lowest BCUT2D eigenvalue weighted by Crippen LogP contribution is -2.26. The van der Waals surface area contributed by atoms with Crippen LogP contribution in [0, 0.1) is 5.82 Å². The Morgan fingerprint density at radius 2 is 2.00 bits per heavy atom. The van der Waals surface area contributed by atoms with Crippen molar-refractivity contribution in [1.82, 2.24) is 19.7 Å². The molecule has 132 valence electrons. The molecule has 1 aromatic carbocycles. The van der Waals surface area contributed by atoms with Crippen LogP contribution in [0.25, 0.3) is 0 Å². The summed E-state index contributed by atoms with van der Waals surface area (Å²) in [7, 11) is 0. The van der Waals surface area contributed by atoms with Crippen LogP contribution in [0.15, 0.2) is 24.3 Å². The first-order chi connectivity index (χ1) is 12.2. The summed E-state index contributed by atoms with van der Waals surface area (Å²) in [4.78, 5) is 2.22. The lowest BCUT2D eigenvalue weighted by Gasteiger charge is -2.24. The highest BCUT2D eigenvalue weighted by Crippen LogP contribution is 2.45. The topological polar surface area (TPSA) is 54.2 Å². The number of β-amino-alcohol motifs (C(OH)–C–C–N with tert-alkyl or cyclic N) is 1. The Hall–Kier alpha value is -1.79. The molecule has 2 aromatic rings. The molecule has 1 aliphatic heterocycles. The molecule has 2 saturated carbocycles. The third kappa shape index (κ3) is 2.98. The van der Waals surface area contributed by atoms with Gasteiger partial charge < -0.3 is 9.67 Å². The number of hydrogen-bond acceptors (Lipinski definition) is 4. The number of aliphatic hydroxyl groups excluding tert-OH is 1. The SMILES string of the molecule is O[C@H]1C[C@H](c2cccc(F)c2)N(Cc2nnc(C3CC3)n2C2CC2)C1. The van der Waals surface area contributed by atoms with Gasteiger partial charge in [-0.1, -0.05) is 12.1 Å². The predicted molar refractivity (Wildman–Crippen MR) is 90.4 cm³/mol. The predicted octanol–water partition coefficient (Wildman–Crippen LogP) is 2.94. The van der Waals surface area contributed by atoms with Gasteiger partial charge in [0.1, 0.15) is 17.5 Å². The zero-order chi connectivity index (χ0) is 17.0. The molecule has 6 heteroatoms. The largest absolute Gasteiger partial charge is 0.392 e. The van der Waals surface area contributed by atoms with E-state index in [1.54, 1.807) is 12.1 Å². The van der Waals surface area contributed by atoms with Crippen molar-refractivity contribution in [2.24, 2.45) is 0 Å². The number of hydrogen-bond donors (Lipinski definition) is 1. The number of halogens is 1. The average Bonchev–Trinajstić information content (AvgIpc) is 3.52. The standard InChI is InChI=1S/C19H23FN4O/c20-14-3-1-2-13(8-14)17-9-16(25)10-23(17)11-18-21-22-19(12-4-5-12)24(18)15-6-7-15/h1-3,8,12,15-17,25H,4-7,9-11H2/t16-,17+/m0/s1. The van der Waals surface area contributed by atoms with Crippen LogP contribution >= 0.6 is 0 Å². The van der Waals surface area contributed by atoms with E-state index in [1.807, 2.05) is 6.07 Å². The molecule has 2 aliphatic carbocycles. The Kier molecular flexibility index (Phi) is 3.64. The number of nitrogens with zero attached hydrogens (tertiary/aromatic N) is 4. The number of likely N-dealkylation sites (tertiary alicyclic amines) is 1. The Bertz CT molecular complexity index is 783. The van der Waals surface area contributed by atoms with E-state index in [1.165, 1.54) is 31.7 Å². The quantitative estimate of drug-likeness (QED) is 0.908. The van der Waals surface area contributed by atoms with Gasteiger partial charge in [-0.25, -0.2) is 4.39 Å². The van der Waals surface area contributed by atoms with Gasteiger partial charge in [-0.15, -0.1) is 10.2 Å². The molecule has 0 radical (unpaired) electrons. The van der Waals surface area contributed by atoms with Gasteiger partial charge in [0.25, 0.3) is 0 Å². The van der Waals surface area contributed by atoms with E-state index in [4.69, 9.17) is 0 Å². The second-order valence-electron chi connectivity index (χ2n) is 7.74. The fourth-order valence-corrected chi connectivity index (χ4v) is 4.09. The maximum Gasteiger partial charge on any atom is 0.147 e. The van der Waals surface area contributed by atoms with Gasteiger partial charge in [0.15, 0.2) is 0 Å². The first kappa shape index (κ1) is 15.5. The maximum atomic E-state index is 13.6. The van der Waals surface area contributed by atoms with Crippen LogP contribution < -0.4 is 0 Å². The summed E-state index contributed by atoms with van der Waals surface area (Å²) in [6, 6.07) is 7.31. The van der Waals surface area contributed by atoms with Gasteiger partial charge in [-0.3, -0.25) is 4.90 Å². The lowest BCUT2D eigenvalue weighted by atomic mass is 10.0. The van der Waals surface area contributed by atoms with E-state index in [2.05, 4.69) is 19.7 Å². The third-order valence-electron chi connectivity index (χ3n) is 5.61. The number of aliphatic hydroxyl groups is 1. The smallest absolute Gasteiger partial charge is 0.147 e. The molecule has 1 aromatic heterocycles. The van der Waals surface area contributed by atoms with Gasteiger partial charge in [-0.05, 0) is 49.8 Å². The summed E-state index contributed by atoms with van der Waals surface area (Å²) in [5.41, 5.74) is 0.927. The Morgan fingerprint density at radius 1 is 1.16 bits per heavy atom. The van der Waals surface area contributed by atoms with Crippen LogP contribution in [-0.2, 0) is 6.54 Å². The summed E-state index contributed by atoms with van der Waals surface area (Å²) in [6.45, 7) is 1.26.